The summed E-state index contributed by atoms with van der Waals surface area (Å²) in [7, 11) is -1.79. The van der Waals surface area contributed by atoms with Gasteiger partial charge in [0.25, 0.3) is 5.91 Å². The van der Waals surface area contributed by atoms with E-state index in [0.717, 1.165) is 5.56 Å². The van der Waals surface area contributed by atoms with Crippen LogP contribution in [0.15, 0.2) is 48.5 Å². The van der Waals surface area contributed by atoms with Gasteiger partial charge in [-0.25, -0.2) is 0 Å². The molecule has 3 heterocycles. The standard InChI is InChI=1S/C36H47N3O10Si/c1-23-34(50(4,5)46)29(20-30(42)37(17-18-40)22-25-11-7-6-8-12-25)49-36(23)27-19-26(39-31(43)21-32(39)48-24(2)41)14-15-28(27)38(35(36)45)16-10-9-13-33(44)47-3/h6-8,11-12,14-15,19,23,29,32,34,40,46H,9-10,13,16-18,20-22H2,1-5H3/t23-,29+,32?,34-,36+/m0/s1. The molecule has 0 aliphatic carbocycles. The molecule has 0 saturated carbocycles. The smallest absolute Gasteiger partial charge is 0.305 e. The Balaban J connectivity index is 1.52. The Bertz CT molecular complexity index is 1610. The minimum Gasteiger partial charge on any atom is -0.469 e. The summed E-state index contributed by atoms with van der Waals surface area (Å²) in [6.07, 6.45) is -0.539. The maximum absolute atomic E-state index is 14.8. The van der Waals surface area contributed by atoms with Crippen LogP contribution in [0.25, 0.3) is 0 Å². The number of rotatable bonds is 14. The molecule has 2 N–H and O–H groups in total. The van der Waals surface area contributed by atoms with Gasteiger partial charge < -0.3 is 33.9 Å². The van der Waals surface area contributed by atoms with Crippen molar-refractivity contribution < 1.29 is 48.1 Å². The summed E-state index contributed by atoms with van der Waals surface area (Å²) in [5.41, 5.74) is 0.241. The van der Waals surface area contributed by atoms with E-state index in [2.05, 4.69) is 0 Å². The van der Waals surface area contributed by atoms with Crippen molar-refractivity contribution >= 4 is 49.4 Å². The first-order valence-electron chi connectivity index (χ1n) is 17.1. The van der Waals surface area contributed by atoms with E-state index in [0.29, 0.717) is 29.8 Å². The van der Waals surface area contributed by atoms with E-state index in [1.165, 1.54) is 18.9 Å². The topological polar surface area (TPSA) is 163 Å². The second-order valence-electron chi connectivity index (χ2n) is 13.8. The zero-order valence-corrected chi connectivity index (χ0v) is 30.3. The summed E-state index contributed by atoms with van der Waals surface area (Å²) < 4.78 is 17.0. The molecule has 3 aliphatic rings. The number of β-lactam (4-membered cyclic amide) rings is 1. The number of aliphatic hydroxyl groups is 1. The van der Waals surface area contributed by atoms with Crippen molar-refractivity contribution in [1.29, 1.82) is 0 Å². The average molecular weight is 710 g/mol. The van der Waals surface area contributed by atoms with Gasteiger partial charge in [0.2, 0.25) is 11.8 Å². The van der Waals surface area contributed by atoms with Crippen molar-refractivity contribution in [1.82, 2.24) is 4.90 Å². The van der Waals surface area contributed by atoms with Crippen molar-refractivity contribution in [3.8, 4) is 0 Å². The summed E-state index contributed by atoms with van der Waals surface area (Å²) in [4.78, 5) is 81.3. The minimum absolute atomic E-state index is 0.0316. The van der Waals surface area contributed by atoms with E-state index in [-0.39, 0.29) is 69.2 Å². The van der Waals surface area contributed by atoms with Crippen molar-refractivity contribution in [3.63, 3.8) is 0 Å². The zero-order valence-electron chi connectivity index (χ0n) is 29.3. The first-order chi connectivity index (χ1) is 23.7. The maximum Gasteiger partial charge on any atom is 0.305 e. The number of aliphatic hydroxyl groups excluding tert-OH is 1. The fourth-order valence-corrected chi connectivity index (χ4v) is 10.3. The number of fused-ring (bicyclic) bond motifs is 2. The molecule has 3 amide bonds. The Kier molecular flexibility index (Phi) is 11.2. The molecule has 270 valence electrons. The van der Waals surface area contributed by atoms with Crippen molar-refractivity contribution in [2.24, 2.45) is 5.92 Å². The molecule has 2 saturated heterocycles. The van der Waals surface area contributed by atoms with Gasteiger partial charge in [-0.3, -0.25) is 28.9 Å². The fraction of sp³-hybridized carbons (Fsp3) is 0.528. The van der Waals surface area contributed by atoms with Crippen molar-refractivity contribution in [3.05, 3.63) is 59.7 Å². The highest BCUT2D eigenvalue weighted by Crippen LogP contribution is 2.60. The Morgan fingerprint density at radius 3 is 2.44 bits per heavy atom. The summed E-state index contributed by atoms with van der Waals surface area (Å²) in [6.45, 7) is 7.08. The quantitative estimate of drug-likeness (QED) is 0.129. The number of unbranched alkanes of at least 4 members (excludes halogenated alkanes) is 1. The van der Waals surface area contributed by atoms with Gasteiger partial charge in [0.1, 0.15) is 0 Å². The summed E-state index contributed by atoms with van der Waals surface area (Å²) in [5, 5.41) is 9.81. The molecule has 2 fully saturated rings. The number of nitrogens with zero attached hydrogens (tertiary/aromatic N) is 3. The Morgan fingerprint density at radius 2 is 1.82 bits per heavy atom. The first-order valence-corrected chi connectivity index (χ1v) is 20.1. The van der Waals surface area contributed by atoms with Crippen LogP contribution in [0.4, 0.5) is 11.4 Å². The Labute approximate surface area is 293 Å². The molecule has 50 heavy (non-hydrogen) atoms. The van der Waals surface area contributed by atoms with E-state index >= 15 is 0 Å². The Morgan fingerprint density at radius 1 is 1.10 bits per heavy atom. The summed E-state index contributed by atoms with van der Waals surface area (Å²) in [5.74, 6) is -2.33. The third-order valence-corrected chi connectivity index (χ3v) is 12.5. The molecule has 14 heteroatoms. The summed E-state index contributed by atoms with van der Waals surface area (Å²) >= 11 is 0. The monoisotopic (exact) mass is 709 g/mol. The van der Waals surface area contributed by atoms with Gasteiger partial charge in [-0.15, -0.1) is 0 Å². The number of carbonyl (C=O) groups is 5. The van der Waals surface area contributed by atoms with Crippen LogP contribution >= 0.6 is 0 Å². The molecule has 1 unspecified atom stereocenters. The highest BCUT2D eigenvalue weighted by atomic mass is 28.4. The molecule has 1 spiro atoms. The second-order valence-corrected chi connectivity index (χ2v) is 17.8. The summed E-state index contributed by atoms with van der Waals surface area (Å²) in [6, 6.07) is 14.6. The number of ether oxygens (including phenoxy) is 3. The lowest BCUT2D eigenvalue weighted by atomic mass is 9.82. The van der Waals surface area contributed by atoms with Gasteiger partial charge in [0.05, 0.1) is 38.3 Å². The molecule has 13 nitrogen and oxygen atoms in total. The molecule has 0 radical (unpaired) electrons. The number of amides is 3. The van der Waals surface area contributed by atoms with Crippen LogP contribution in [-0.2, 0) is 50.3 Å². The number of methoxy groups -OCH3 is 1. The van der Waals surface area contributed by atoms with Crippen LogP contribution < -0.4 is 9.80 Å². The highest BCUT2D eigenvalue weighted by molar-refractivity contribution is 6.71. The van der Waals surface area contributed by atoms with Gasteiger partial charge in [0.15, 0.2) is 20.1 Å². The first kappa shape index (κ1) is 37.1. The van der Waals surface area contributed by atoms with Crippen LogP contribution in [0, 0.1) is 5.92 Å². The normalized spacial score (nSPS) is 24.3. The Hall–Kier alpha value is -4.11. The molecular formula is C36H47N3O10Si. The lowest BCUT2D eigenvalue weighted by Crippen LogP contribution is -2.55. The maximum atomic E-state index is 14.8. The lowest BCUT2D eigenvalue weighted by Gasteiger charge is -2.39. The number of hydrogen-bond donors (Lipinski definition) is 2. The van der Waals surface area contributed by atoms with E-state index in [1.54, 1.807) is 41.1 Å². The molecule has 2 aromatic carbocycles. The number of anilines is 2. The van der Waals surface area contributed by atoms with Crippen LogP contribution in [0.1, 0.15) is 57.1 Å². The fourth-order valence-electron chi connectivity index (χ4n) is 7.78. The molecular weight excluding hydrogens is 662 g/mol. The van der Waals surface area contributed by atoms with Crippen molar-refractivity contribution in [2.45, 2.75) is 89.1 Å². The van der Waals surface area contributed by atoms with E-state index in [9.17, 15) is 33.9 Å². The number of esters is 2. The molecule has 5 rings (SSSR count). The highest BCUT2D eigenvalue weighted by Gasteiger charge is 2.66. The van der Waals surface area contributed by atoms with Crippen LogP contribution in [-0.4, -0.2) is 91.9 Å². The molecule has 0 aromatic heterocycles. The van der Waals surface area contributed by atoms with Crippen molar-refractivity contribution in [2.75, 3.05) is 36.6 Å². The van der Waals surface area contributed by atoms with Gasteiger partial charge in [-0.2, -0.15) is 0 Å². The SMILES string of the molecule is COC(=O)CCCCN1C(=O)[C@]2(O[C@H](CC(=O)N(CCO)Cc3ccccc3)[C@@H]([Si](C)(C)O)[C@@H]2C)c2cc(N3C(=O)CC3OC(C)=O)ccc21. The van der Waals surface area contributed by atoms with Crippen LogP contribution in [0.3, 0.4) is 0 Å². The van der Waals surface area contributed by atoms with Gasteiger partial charge in [-0.05, 0) is 49.7 Å². The molecule has 5 atom stereocenters. The second kappa shape index (κ2) is 15.0. The molecule has 0 bridgehead atoms. The van der Waals surface area contributed by atoms with Crippen LogP contribution in [0.2, 0.25) is 18.6 Å². The molecule has 2 aromatic rings. The number of hydrogen-bond acceptors (Lipinski definition) is 10. The average Bonchev–Trinajstić information content (AvgIpc) is 3.48. The van der Waals surface area contributed by atoms with Gasteiger partial charge in [0, 0.05) is 55.7 Å². The predicted octanol–water partition coefficient (Wildman–Crippen LogP) is 3.21. The predicted molar refractivity (Wildman–Crippen MR) is 185 cm³/mol. The van der Waals surface area contributed by atoms with E-state index < -0.39 is 43.7 Å². The van der Waals surface area contributed by atoms with E-state index in [4.69, 9.17) is 14.2 Å². The van der Waals surface area contributed by atoms with E-state index in [1.807, 2.05) is 37.3 Å². The lowest BCUT2D eigenvalue weighted by molar-refractivity contribution is -0.154. The number of carbonyl (C=O) groups excluding carboxylic acids is 5. The third-order valence-electron chi connectivity index (χ3n) is 10.0. The number of benzene rings is 2. The third kappa shape index (κ3) is 7.20. The zero-order chi connectivity index (χ0) is 36.4. The largest absolute Gasteiger partial charge is 0.469 e. The van der Waals surface area contributed by atoms with Crippen LogP contribution in [0.5, 0.6) is 0 Å². The van der Waals surface area contributed by atoms with Gasteiger partial charge >= 0.3 is 11.9 Å². The minimum atomic E-state index is -3.12. The van der Waals surface area contributed by atoms with Gasteiger partial charge in [-0.1, -0.05) is 37.3 Å². The molecule has 3 aliphatic heterocycles.